The monoisotopic (exact) mass is 794 g/mol. The van der Waals surface area contributed by atoms with Crippen LogP contribution in [-0.4, -0.2) is 60.5 Å². The third kappa shape index (κ3) is 39.4. The lowest BCUT2D eigenvalue weighted by molar-refractivity contribution is -0.154. The minimum atomic E-state index is -4.62. The number of aliphatic carboxylic acids is 1. The van der Waals surface area contributed by atoms with Gasteiger partial charge in [-0.05, 0) is 77.0 Å². The summed E-state index contributed by atoms with van der Waals surface area (Å²) in [4.78, 5) is 33.5. The molecule has 0 rings (SSSR count). The van der Waals surface area contributed by atoms with Gasteiger partial charge in [0.15, 0.2) is 0 Å². The van der Waals surface area contributed by atoms with Crippen molar-refractivity contribution in [3.05, 3.63) is 72.9 Å². The van der Waals surface area contributed by atoms with Gasteiger partial charge in [-0.1, -0.05) is 145 Å². The fraction of sp³-hybridized carbons (Fsp3) is 0.682. The van der Waals surface area contributed by atoms with Crippen molar-refractivity contribution in [2.75, 3.05) is 26.4 Å². The molecule has 11 heteroatoms. The summed E-state index contributed by atoms with van der Waals surface area (Å²) >= 11 is 0. The van der Waals surface area contributed by atoms with Crippen LogP contribution in [0.15, 0.2) is 72.9 Å². The van der Waals surface area contributed by atoms with Crippen LogP contribution in [-0.2, 0) is 32.7 Å². The number of nitrogens with two attached hydrogens (primary N) is 1. The predicted molar refractivity (Wildman–Crippen MR) is 226 cm³/mol. The highest BCUT2D eigenvalue weighted by Crippen LogP contribution is 2.43. The van der Waals surface area contributed by atoms with Gasteiger partial charge in [0.05, 0.1) is 19.8 Å². The molecule has 0 radical (unpaired) electrons. The van der Waals surface area contributed by atoms with E-state index in [-0.39, 0.29) is 13.0 Å². The largest absolute Gasteiger partial charge is 0.480 e. The second-order valence-electron chi connectivity index (χ2n) is 13.7. The summed E-state index contributed by atoms with van der Waals surface area (Å²) in [6.07, 6.45) is 48.1. The molecule has 0 fully saturated rings. The zero-order valence-corrected chi connectivity index (χ0v) is 35.1. The van der Waals surface area contributed by atoms with Gasteiger partial charge < -0.3 is 25.2 Å². The predicted octanol–water partition coefficient (Wildman–Crippen LogP) is 11.4. The molecule has 0 saturated heterocycles. The minimum absolute atomic E-state index is 0.000542. The number of hydrogen-bond donors (Lipinski definition) is 3. The first-order valence-corrected chi connectivity index (χ1v) is 22.5. The number of carbonyl (C=O) groups excluding carboxylic acids is 1. The molecule has 316 valence electrons. The summed E-state index contributed by atoms with van der Waals surface area (Å²) in [5.41, 5.74) is 5.34. The van der Waals surface area contributed by atoms with Crippen molar-refractivity contribution in [3.8, 4) is 0 Å². The van der Waals surface area contributed by atoms with Crippen LogP contribution in [0, 0.1) is 0 Å². The highest BCUT2D eigenvalue weighted by atomic mass is 31.2. The highest BCUT2D eigenvalue weighted by molar-refractivity contribution is 7.47. The van der Waals surface area contributed by atoms with E-state index in [9.17, 15) is 19.0 Å². The fourth-order valence-electron chi connectivity index (χ4n) is 5.20. The van der Waals surface area contributed by atoms with E-state index in [4.69, 9.17) is 29.4 Å². The van der Waals surface area contributed by atoms with Gasteiger partial charge in [-0.2, -0.15) is 0 Å². The van der Waals surface area contributed by atoms with Crippen molar-refractivity contribution < 1.29 is 42.7 Å². The number of phosphoric ester groups is 1. The van der Waals surface area contributed by atoms with E-state index in [2.05, 4.69) is 86.8 Å². The maximum atomic E-state index is 12.6. The quantitative estimate of drug-likeness (QED) is 0.0237. The number of rotatable bonds is 39. The summed E-state index contributed by atoms with van der Waals surface area (Å²) in [5.74, 6) is -1.81. The molecular formula is C44H76NO9P. The number of esters is 1. The topological polar surface area (TPSA) is 155 Å². The number of phosphoric acid groups is 1. The molecule has 0 bridgehead atoms. The number of carbonyl (C=O) groups is 2. The summed E-state index contributed by atoms with van der Waals surface area (Å²) < 4.78 is 33.3. The van der Waals surface area contributed by atoms with E-state index >= 15 is 0 Å². The fourth-order valence-corrected chi connectivity index (χ4v) is 5.98. The second-order valence-corrected chi connectivity index (χ2v) is 15.2. The third-order valence-electron chi connectivity index (χ3n) is 8.47. The Hall–Kier alpha value is -2.59. The van der Waals surface area contributed by atoms with Crippen LogP contribution in [0.1, 0.15) is 155 Å². The Morgan fingerprint density at radius 3 is 1.60 bits per heavy atom. The molecule has 3 atom stereocenters. The van der Waals surface area contributed by atoms with E-state index in [0.29, 0.717) is 13.0 Å². The average molecular weight is 794 g/mol. The number of ether oxygens (including phenoxy) is 2. The molecule has 0 heterocycles. The van der Waals surface area contributed by atoms with Gasteiger partial charge in [0.1, 0.15) is 12.1 Å². The molecule has 0 aliphatic rings. The normalized spacial score (nSPS) is 14.7. The van der Waals surface area contributed by atoms with Crippen molar-refractivity contribution in [2.24, 2.45) is 5.73 Å². The summed E-state index contributed by atoms with van der Waals surface area (Å²) in [6.45, 7) is 3.67. The van der Waals surface area contributed by atoms with Crippen LogP contribution >= 0.6 is 7.82 Å². The molecule has 3 unspecified atom stereocenters. The van der Waals surface area contributed by atoms with Gasteiger partial charge in [-0.3, -0.25) is 18.6 Å². The molecular weight excluding hydrogens is 717 g/mol. The first kappa shape index (κ1) is 52.4. The van der Waals surface area contributed by atoms with E-state index in [1.807, 2.05) is 0 Å². The van der Waals surface area contributed by atoms with E-state index in [0.717, 1.165) is 89.9 Å². The van der Waals surface area contributed by atoms with Crippen LogP contribution in [0.3, 0.4) is 0 Å². The Balaban J connectivity index is 4.30. The van der Waals surface area contributed by atoms with Crippen molar-refractivity contribution in [1.82, 2.24) is 0 Å². The van der Waals surface area contributed by atoms with Gasteiger partial charge >= 0.3 is 19.8 Å². The molecule has 0 aromatic heterocycles. The van der Waals surface area contributed by atoms with E-state index in [1.165, 1.54) is 38.5 Å². The van der Waals surface area contributed by atoms with Gasteiger partial charge in [0.25, 0.3) is 0 Å². The number of hydrogen-bond acceptors (Lipinski definition) is 8. The van der Waals surface area contributed by atoms with Gasteiger partial charge in [-0.25, -0.2) is 4.57 Å². The Kier molecular flexibility index (Phi) is 37.8. The molecule has 4 N–H and O–H groups in total. The van der Waals surface area contributed by atoms with Crippen LogP contribution in [0.25, 0.3) is 0 Å². The highest BCUT2D eigenvalue weighted by Gasteiger charge is 2.27. The Morgan fingerprint density at radius 1 is 0.600 bits per heavy atom. The molecule has 0 aromatic carbocycles. The first-order chi connectivity index (χ1) is 26.7. The number of carboxylic acids is 1. The molecule has 0 aromatic rings. The lowest BCUT2D eigenvalue weighted by atomic mass is 10.1. The van der Waals surface area contributed by atoms with Crippen LogP contribution < -0.4 is 5.73 Å². The Bertz CT molecular complexity index is 1150. The average Bonchev–Trinajstić information content (AvgIpc) is 3.16. The number of unbranched alkanes of at least 4 members (excludes halogenated alkanes) is 13. The van der Waals surface area contributed by atoms with Crippen LogP contribution in [0.5, 0.6) is 0 Å². The first-order valence-electron chi connectivity index (χ1n) is 21.0. The molecule has 10 nitrogen and oxygen atoms in total. The minimum Gasteiger partial charge on any atom is -0.480 e. The SMILES string of the molecule is CC/C=C\C/C=C\C/C=C\C/C=C\C/C=C\CCCCCCCC(=O)OC(COCCCCCCCC/C=C\CCCC)COP(=O)(O)OCC(N)C(=O)O. The van der Waals surface area contributed by atoms with Gasteiger partial charge in [0.2, 0.25) is 0 Å². The standard InChI is InChI=1S/C44H76NO9P/c1-3-5-7-9-11-13-15-17-18-19-20-21-22-23-24-25-26-28-30-32-34-36-43(46)54-41(39-52-55(49,50)53-40-42(45)44(47)48)38-51-37-35-33-31-29-27-16-14-12-10-8-6-4-2/h5,7,10-13,17-18,20-21,23-24,41-42H,3-4,6,8-9,14-16,19,22,25-40,45H2,1-2H3,(H,47,48)(H,49,50)/b7-5-,12-10-,13-11-,18-17-,21-20-,24-23-. The van der Waals surface area contributed by atoms with Gasteiger partial charge in [-0.15, -0.1) is 0 Å². The third-order valence-corrected chi connectivity index (χ3v) is 9.42. The molecule has 0 aliphatic carbocycles. The Labute approximate surface area is 334 Å². The van der Waals surface area contributed by atoms with Gasteiger partial charge in [0, 0.05) is 13.0 Å². The van der Waals surface area contributed by atoms with Crippen molar-refractivity contribution in [2.45, 2.75) is 167 Å². The summed E-state index contributed by atoms with van der Waals surface area (Å²) in [5, 5.41) is 8.88. The molecule has 55 heavy (non-hydrogen) atoms. The van der Waals surface area contributed by atoms with Crippen LogP contribution in [0.4, 0.5) is 0 Å². The van der Waals surface area contributed by atoms with Crippen molar-refractivity contribution >= 4 is 19.8 Å². The van der Waals surface area contributed by atoms with Crippen molar-refractivity contribution in [1.29, 1.82) is 0 Å². The smallest absolute Gasteiger partial charge is 0.472 e. The molecule has 0 amide bonds. The maximum absolute atomic E-state index is 12.6. The summed E-state index contributed by atoms with van der Waals surface area (Å²) in [7, 11) is -4.62. The van der Waals surface area contributed by atoms with E-state index < -0.39 is 45.1 Å². The number of allylic oxidation sites excluding steroid dienone is 12. The molecule has 0 spiro atoms. The number of carboxylic acid groups (broad SMARTS) is 1. The lowest BCUT2D eigenvalue weighted by Crippen LogP contribution is -2.34. The zero-order valence-electron chi connectivity index (χ0n) is 34.2. The van der Waals surface area contributed by atoms with E-state index in [1.54, 1.807) is 0 Å². The van der Waals surface area contributed by atoms with Crippen molar-refractivity contribution in [3.63, 3.8) is 0 Å². The summed E-state index contributed by atoms with van der Waals surface area (Å²) in [6, 6.07) is -1.48. The second kappa shape index (κ2) is 39.6. The lowest BCUT2D eigenvalue weighted by Gasteiger charge is -2.20. The van der Waals surface area contributed by atoms with Crippen LogP contribution in [0.2, 0.25) is 0 Å². The Morgan fingerprint density at radius 2 is 1.05 bits per heavy atom. The molecule has 0 saturated carbocycles. The maximum Gasteiger partial charge on any atom is 0.472 e. The molecule has 0 aliphatic heterocycles. The zero-order chi connectivity index (χ0) is 40.5.